The van der Waals surface area contributed by atoms with Gasteiger partial charge in [-0.25, -0.2) is 9.31 Å². The van der Waals surface area contributed by atoms with Crippen LogP contribution in [-0.2, 0) is 24.0 Å². The maximum Gasteiger partial charge on any atom is 0.417 e. The summed E-state index contributed by atoms with van der Waals surface area (Å²) in [7, 11) is 4.03. The predicted molar refractivity (Wildman–Crippen MR) is 108 cm³/mol. The molecule has 12 heteroatoms. The van der Waals surface area contributed by atoms with Crippen LogP contribution in [0.15, 0.2) is 35.1 Å². The van der Waals surface area contributed by atoms with Crippen molar-refractivity contribution in [3.8, 4) is 22.8 Å². The normalized spacial score (nSPS) is 12.9. The van der Waals surface area contributed by atoms with Crippen molar-refractivity contribution in [2.45, 2.75) is 12.7 Å². The summed E-state index contributed by atoms with van der Waals surface area (Å²) >= 11 is -2.33. The van der Waals surface area contributed by atoms with Crippen LogP contribution in [0.3, 0.4) is 0 Å². The minimum Gasteiger partial charge on any atom is -0.493 e. The molecule has 0 aliphatic heterocycles. The van der Waals surface area contributed by atoms with E-state index in [0.717, 1.165) is 10.4 Å². The van der Waals surface area contributed by atoms with Crippen molar-refractivity contribution < 1.29 is 31.4 Å². The summed E-state index contributed by atoms with van der Waals surface area (Å²) in [6, 6.07) is 6.25. The molecular weight excluding hydrogens is 439 g/mol. The number of fused-ring (bicyclic) bond motifs is 1. The molecule has 0 aliphatic carbocycles. The van der Waals surface area contributed by atoms with Gasteiger partial charge in [0.25, 0.3) is 5.56 Å². The number of alkyl halides is 3. The molecule has 1 heterocycles. The van der Waals surface area contributed by atoms with Gasteiger partial charge < -0.3 is 9.47 Å². The summed E-state index contributed by atoms with van der Waals surface area (Å²) in [5.41, 5.74) is -1.80. The van der Waals surface area contributed by atoms with E-state index in [1.54, 1.807) is 0 Å². The Morgan fingerprint density at radius 2 is 1.74 bits per heavy atom. The van der Waals surface area contributed by atoms with Gasteiger partial charge in [0, 0.05) is 24.5 Å². The fourth-order valence-corrected chi connectivity index (χ4v) is 3.40. The first-order valence-corrected chi connectivity index (χ1v) is 9.80. The molecule has 0 saturated heterocycles. The van der Waals surface area contributed by atoms with Gasteiger partial charge in [-0.05, 0) is 23.8 Å². The number of halogens is 3. The van der Waals surface area contributed by atoms with Crippen molar-refractivity contribution in [1.29, 1.82) is 0 Å². The predicted octanol–water partition coefficient (Wildman–Crippen LogP) is 3.19. The first-order chi connectivity index (χ1) is 14.6. The molecule has 1 unspecified atom stereocenters. The van der Waals surface area contributed by atoms with Gasteiger partial charge in [0.15, 0.2) is 11.5 Å². The van der Waals surface area contributed by atoms with E-state index in [1.165, 1.54) is 45.5 Å². The standard InChI is InChI=1S/C19H18F3N3O5S/c1-25(31(27)28)9-10-4-5-11(14(6-10)19(20,21)22)17-12-7-15(29-2)16(30-3)8-13(12)18(26)24-23-17/h4-8H,9H2,1-3H3,(H,24,26)(H,27,28). The summed E-state index contributed by atoms with van der Waals surface area (Å²) in [6.07, 6.45) is -4.75. The third kappa shape index (κ3) is 4.55. The van der Waals surface area contributed by atoms with E-state index in [1.807, 2.05) is 0 Å². The second kappa shape index (κ2) is 8.65. The van der Waals surface area contributed by atoms with E-state index < -0.39 is 28.6 Å². The number of benzene rings is 2. The molecule has 0 amide bonds. The van der Waals surface area contributed by atoms with E-state index in [-0.39, 0.29) is 45.6 Å². The number of ether oxygens (including phenoxy) is 2. The van der Waals surface area contributed by atoms with Gasteiger partial charge in [0.1, 0.15) is 0 Å². The van der Waals surface area contributed by atoms with Crippen molar-refractivity contribution in [3.63, 3.8) is 0 Å². The quantitative estimate of drug-likeness (QED) is 0.551. The molecule has 3 aromatic rings. The van der Waals surface area contributed by atoms with Crippen molar-refractivity contribution in [2.24, 2.45) is 0 Å². The van der Waals surface area contributed by atoms with Gasteiger partial charge in [0.05, 0.1) is 30.9 Å². The van der Waals surface area contributed by atoms with Crippen LogP contribution >= 0.6 is 0 Å². The van der Waals surface area contributed by atoms with Crippen molar-refractivity contribution in [2.75, 3.05) is 21.3 Å². The van der Waals surface area contributed by atoms with E-state index in [9.17, 15) is 22.2 Å². The van der Waals surface area contributed by atoms with E-state index in [0.29, 0.717) is 0 Å². The Bertz CT molecular complexity index is 1210. The molecule has 0 spiro atoms. The molecule has 0 saturated carbocycles. The monoisotopic (exact) mass is 457 g/mol. The lowest BCUT2D eigenvalue weighted by atomic mass is 9.97. The fraction of sp³-hybridized carbons (Fsp3) is 0.263. The van der Waals surface area contributed by atoms with Crippen LogP contribution < -0.4 is 15.0 Å². The number of hydrogen-bond donors (Lipinski definition) is 2. The zero-order valence-electron chi connectivity index (χ0n) is 16.6. The van der Waals surface area contributed by atoms with Gasteiger partial charge in [0.2, 0.25) is 11.3 Å². The molecule has 0 aliphatic rings. The maximum atomic E-state index is 13.9. The third-order valence-corrected chi connectivity index (χ3v) is 5.27. The lowest BCUT2D eigenvalue weighted by molar-refractivity contribution is -0.137. The topological polar surface area (TPSA) is 105 Å². The minimum atomic E-state index is -4.75. The van der Waals surface area contributed by atoms with Gasteiger partial charge in [-0.15, -0.1) is 0 Å². The summed E-state index contributed by atoms with van der Waals surface area (Å²) in [6.45, 7) is -0.183. The van der Waals surface area contributed by atoms with Crippen molar-refractivity contribution in [3.05, 3.63) is 51.8 Å². The molecule has 0 fully saturated rings. The summed E-state index contributed by atoms with van der Waals surface area (Å²) in [5.74, 6) is 0.463. The summed E-state index contributed by atoms with van der Waals surface area (Å²) < 4.78 is 73.2. The first-order valence-electron chi connectivity index (χ1n) is 8.73. The molecular formula is C19H18F3N3O5S. The molecule has 1 atom stereocenters. The van der Waals surface area contributed by atoms with E-state index in [4.69, 9.17) is 14.0 Å². The van der Waals surface area contributed by atoms with Crippen LogP contribution in [0, 0.1) is 0 Å². The molecule has 8 nitrogen and oxygen atoms in total. The Morgan fingerprint density at radius 3 is 2.29 bits per heavy atom. The highest BCUT2D eigenvalue weighted by atomic mass is 32.2. The first kappa shape index (κ1) is 22.7. The maximum absolute atomic E-state index is 13.9. The minimum absolute atomic E-state index is 0.0789. The van der Waals surface area contributed by atoms with E-state index in [2.05, 4.69) is 10.2 Å². The molecule has 0 bridgehead atoms. The zero-order valence-corrected chi connectivity index (χ0v) is 17.4. The second-order valence-electron chi connectivity index (χ2n) is 6.55. The molecule has 2 N–H and O–H groups in total. The smallest absolute Gasteiger partial charge is 0.417 e. The van der Waals surface area contributed by atoms with Gasteiger partial charge in [-0.2, -0.15) is 22.6 Å². The number of nitrogens with zero attached hydrogens (tertiary/aromatic N) is 2. The Balaban J connectivity index is 2.27. The average molecular weight is 457 g/mol. The highest BCUT2D eigenvalue weighted by molar-refractivity contribution is 7.76. The number of nitrogens with one attached hydrogen (secondary N) is 1. The van der Waals surface area contributed by atoms with Crippen molar-refractivity contribution in [1.82, 2.24) is 14.5 Å². The number of methoxy groups -OCH3 is 2. The molecule has 1 aromatic heterocycles. The number of rotatable bonds is 6. The molecule has 3 rings (SSSR count). The highest BCUT2D eigenvalue weighted by Gasteiger charge is 2.35. The van der Waals surface area contributed by atoms with Crippen LogP contribution in [0.4, 0.5) is 13.2 Å². The molecule has 2 aromatic carbocycles. The second-order valence-corrected chi connectivity index (χ2v) is 7.63. The number of hydrogen-bond acceptors (Lipinski definition) is 5. The Kier molecular flexibility index (Phi) is 6.34. The van der Waals surface area contributed by atoms with Gasteiger partial charge in [-0.1, -0.05) is 12.1 Å². The van der Waals surface area contributed by atoms with Crippen LogP contribution in [0.2, 0.25) is 0 Å². The van der Waals surface area contributed by atoms with Crippen LogP contribution in [0.5, 0.6) is 11.5 Å². The zero-order chi connectivity index (χ0) is 22.9. The molecule has 0 radical (unpaired) electrons. The van der Waals surface area contributed by atoms with Crippen molar-refractivity contribution >= 4 is 22.0 Å². The number of H-pyrrole nitrogens is 1. The Hall–Kier alpha value is -2.96. The fourth-order valence-electron chi connectivity index (χ4n) is 3.14. The van der Waals surface area contributed by atoms with Gasteiger partial charge in [-0.3, -0.25) is 9.35 Å². The third-order valence-electron chi connectivity index (χ3n) is 4.61. The highest BCUT2D eigenvalue weighted by Crippen LogP contribution is 2.40. The largest absolute Gasteiger partial charge is 0.493 e. The van der Waals surface area contributed by atoms with Crippen LogP contribution in [-0.4, -0.2) is 44.5 Å². The lowest BCUT2D eigenvalue weighted by Crippen LogP contribution is -2.20. The van der Waals surface area contributed by atoms with Crippen LogP contribution in [0.1, 0.15) is 11.1 Å². The lowest BCUT2D eigenvalue weighted by Gasteiger charge is -2.17. The SMILES string of the molecule is COc1cc2c(-c3ccc(CN(C)S(=O)O)cc3C(F)(F)F)n[nH]c(=O)c2cc1OC. The summed E-state index contributed by atoms with van der Waals surface area (Å²) in [4.78, 5) is 12.3. The average Bonchev–Trinajstić information content (AvgIpc) is 2.72. The number of aromatic nitrogens is 2. The Labute approximate surface area is 177 Å². The number of aromatic amines is 1. The van der Waals surface area contributed by atoms with Crippen LogP contribution in [0.25, 0.3) is 22.0 Å². The van der Waals surface area contributed by atoms with Gasteiger partial charge >= 0.3 is 6.18 Å². The van der Waals surface area contributed by atoms with E-state index >= 15 is 0 Å². The Morgan fingerprint density at radius 1 is 1.13 bits per heavy atom. The molecule has 166 valence electrons. The molecule has 31 heavy (non-hydrogen) atoms. The summed E-state index contributed by atoms with van der Waals surface area (Å²) in [5, 5.41) is 6.31.